The Morgan fingerprint density at radius 3 is 3.00 bits per heavy atom. The first-order chi connectivity index (χ1) is 6.13. The first-order valence-electron chi connectivity index (χ1n) is 3.88. The van der Waals surface area contributed by atoms with E-state index < -0.39 is 12.0 Å². The van der Waals surface area contributed by atoms with Gasteiger partial charge in [-0.3, -0.25) is 4.79 Å². The summed E-state index contributed by atoms with van der Waals surface area (Å²) in [6, 6.07) is -0.605. The van der Waals surface area contributed by atoms with Crippen LogP contribution < -0.4 is 5.73 Å². The van der Waals surface area contributed by atoms with Crippen molar-refractivity contribution in [2.75, 3.05) is 7.11 Å². The highest BCUT2D eigenvalue weighted by molar-refractivity contribution is 7.09. The van der Waals surface area contributed by atoms with E-state index in [1.165, 1.54) is 7.11 Å². The molecule has 0 saturated carbocycles. The Morgan fingerprint density at radius 2 is 2.54 bits per heavy atom. The summed E-state index contributed by atoms with van der Waals surface area (Å²) in [5.74, 6) is -0.398. The van der Waals surface area contributed by atoms with Crippen LogP contribution in [-0.2, 0) is 16.0 Å². The summed E-state index contributed by atoms with van der Waals surface area (Å²) >= 11 is 1.55. The van der Waals surface area contributed by atoms with Crippen LogP contribution in [0.3, 0.4) is 0 Å². The minimum Gasteiger partial charge on any atom is -0.468 e. The molecule has 0 bridgehead atoms. The van der Waals surface area contributed by atoms with E-state index in [4.69, 9.17) is 5.73 Å². The lowest BCUT2D eigenvalue weighted by atomic mass is 10.2. The van der Waals surface area contributed by atoms with Crippen LogP contribution in [0.4, 0.5) is 0 Å². The van der Waals surface area contributed by atoms with Crippen LogP contribution in [-0.4, -0.2) is 24.1 Å². The van der Waals surface area contributed by atoms with Gasteiger partial charge in [0.2, 0.25) is 0 Å². The molecular weight excluding hydrogens is 188 g/mol. The van der Waals surface area contributed by atoms with Gasteiger partial charge in [0, 0.05) is 11.8 Å². The molecule has 0 aliphatic carbocycles. The Kier molecular flexibility index (Phi) is 3.39. The van der Waals surface area contributed by atoms with Gasteiger partial charge in [-0.05, 0) is 6.92 Å². The lowest BCUT2D eigenvalue weighted by Gasteiger charge is -2.06. The van der Waals surface area contributed by atoms with Crippen molar-refractivity contribution in [3.05, 3.63) is 16.1 Å². The third kappa shape index (κ3) is 2.78. The van der Waals surface area contributed by atoms with Crippen LogP contribution in [0, 0.1) is 6.92 Å². The molecule has 72 valence electrons. The number of hydrogen-bond acceptors (Lipinski definition) is 5. The molecule has 1 atom stereocenters. The van der Waals surface area contributed by atoms with Crippen LogP contribution in [0.2, 0.25) is 0 Å². The second-order valence-electron chi connectivity index (χ2n) is 2.69. The molecule has 5 heteroatoms. The Bertz CT molecular complexity index is 298. The van der Waals surface area contributed by atoms with Crippen LogP contribution in [0.1, 0.15) is 10.7 Å². The third-order valence-electron chi connectivity index (χ3n) is 1.60. The van der Waals surface area contributed by atoms with Crippen LogP contribution in [0.15, 0.2) is 5.38 Å². The maximum absolute atomic E-state index is 11.0. The average molecular weight is 200 g/mol. The monoisotopic (exact) mass is 200 g/mol. The molecule has 0 amide bonds. The van der Waals surface area contributed by atoms with E-state index in [1.807, 2.05) is 12.3 Å². The zero-order valence-electron chi connectivity index (χ0n) is 7.61. The zero-order valence-corrected chi connectivity index (χ0v) is 8.43. The molecule has 0 fully saturated rings. The number of nitrogens with zero attached hydrogens (tertiary/aromatic N) is 1. The van der Waals surface area contributed by atoms with Gasteiger partial charge in [0.05, 0.1) is 17.8 Å². The quantitative estimate of drug-likeness (QED) is 0.721. The first kappa shape index (κ1) is 10.1. The van der Waals surface area contributed by atoms with Gasteiger partial charge in [-0.15, -0.1) is 11.3 Å². The number of nitrogens with two attached hydrogens (primary N) is 1. The maximum Gasteiger partial charge on any atom is 0.323 e. The molecule has 0 aliphatic rings. The number of ether oxygens (including phenoxy) is 1. The SMILES string of the molecule is COC(=O)[C@@H](N)Cc1csc(C)n1. The number of thiazole rings is 1. The topological polar surface area (TPSA) is 65.2 Å². The van der Waals surface area contributed by atoms with Gasteiger partial charge in [-0.25, -0.2) is 4.98 Å². The third-order valence-corrected chi connectivity index (χ3v) is 2.42. The van der Waals surface area contributed by atoms with Crippen molar-refractivity contribution in [1.82, 2.24) is 4.98 Å². The fourth-order valence-electron chi connectivity index (χ4n) is 0.962. The highest BCUT2D eigenvalue weighted by Gasteiger charge is 2.15. The van der Waals surface area contributed by atoms with E-state index >= 15 is 0 Å². The number of carbonyl (C=O) groups is 1. The normalized spacial score (nSPS) is 12.5. The number of carbonyl (C=O) groups excluding carboxylic acids is 1. The molecule has 1 heterocycles. The first-order valence-corrected chi connectivity index (χ1v) is 4.76. The van der Waals surface area contributed by atoms with Crippen LogP contribution in [0.25, 0.3) is 0 Å². The van der Waals surface area contributed by atoms with Gasteiger partial charge in [-0.1, -0.05) is 0 Å². The lowest BCUT2D eigenvalue weighted by Crippen LogP contribution is -2.33. The largest absolute Gasteiger partial charge is 0.468 e. The van der Waals surface area contributed by atoms with Crippen LogP contribution in [0.5, 0.6) is 0 Å². The number of aromatic nitrogens is 1. The summed E-state index contributed by atoms with van der Waals surface area (Å²) in [4.78, 5) is 15.1. The molecule has 0 aliphatic heterocycles. The minimum absolute atomic E-state index is 0.398. The van der Waals surface area contributed by atoms with E-state index in [-0.39, 0.29) is 0 Å². The lowest BCUT2D eigenvalue weighted by molar-refractivity contribution is -0.142. The predicted molar refractivity (Wildman–Crippen MR) is 50.5 cm³/mol. The van der Waals surface area contributed by atoms with Crippen molar-refractivity contribution in [2.24, 2.45) is 5.73 Å². The van der Waals surface area contributed by atoms with Gasteiger partial charge in [0.15, 0.2) is 0 Å². The molecule has 1 rings (SSSR count). The van der Waals surface area contributed by atoms with E-state index in [2.05, 4.69) is 9.72 Å². The fraction of sp³-hybridized carbons (Fsp3) is 0.500. The van der Waals surface area contributed by atoms with Crippen molar-refractivity contribution < 1.29 is 9.53 Å². The molecule has 0 saturated heterocycles. The van der Waals surface area contributed by atoms with Crippen LogP contribution >= 0.6 is 11.3 Å². The van der Waals surface area contributed by atoms with Crippen molar-refractivity contribution in [2.45, 2.75) is 19.4 Å². The summed E-state index contributed by atoms with van der Waals surface area (Å²) in [7, 11) is 1.33. The minimum atomic E-state index is -0.605. The van der Waals surface area contributed by atoms with Gasteiger partial charge in [0.1, 0.15) is 6.04 Å². The Balaban J connectivity index is 2.54. The molecule has 2 N–H and O–H groups in total. The molecular formula is C8H12N2O2S. The summed E-state index contributed by atoms with van der Waals surface area (Å²) in [6.45, 7) is 1.91. The number of esters is 1. The Hall–Kier alpha value is -0.940. The summed E-state index contributed by atoms with van der Waals surface area (Å²) < 4.78 is 4.50. The molecule has 0 radical (unpaired) electrons. The molecule has 4 nitrogen and oxygen atoms in total. The number of hydrogen-bond donors (Lipinski definition) is 1. The van der Waals surface area contributed by atoms with E-state index in [1.54, 1.807) is 11.3 Å². The van der Waals surface area contributed by atoms with Crippen molar-refractivity contribution >= 4 is 17.3 Å². The number of rotatable bonds is 3. The van der Waals surface area contributed by atoms with Crippen molar-refractivity contribution in [3.63, 3.8) is 0 Å². The second-order valence-corrected chi connectivity index (χ2v) is 3.75. The number of aryl methyl sites for hydroxylation is 1. The van der Waals surface area contributed by atoms with Gasteiger partial charge in [-0.2, -0.15) is 0 Å². The molecule has 0 spiro atoms. The summed E-state index contributed by atoms with van der Waals surface area (Å²) in [5, 5.41) is 2.88. The standard InChI is InChI=1S/C8H12N2O2S/c1-5-10-6(4-13-5)3-7(9)8(11)12-2/h4,7H,3,9H2,1-2H3/t7-/m0/s1. The Labute approximate surface area is 80.7 Å². The average Bonchev–Trinajstić information content (AvgIpc) is 2.49. The molecule has 1 aromatic heterocycles. The Morgan fingerprint density at radius 1 is 1.85 bits per heavy atom. The fourth-order valence-corrected chi connectivity index (χ4v) is 1.59. The number of methoxy groups -OCH3 is 1. The highest BCUT2D eigenvalue weighted by Crippen LogP contribution is 2.09. The highest BCUT2D eigenvalue weighted by atomic mass is 32.1. The molecule has 0 aromatic carbocycles. The predicted octanol–water partition coefficient (Wildman–Crippen LogP) is 0.494. The van der Waals surface area contributed by atoms with Crippen molar-refractivity contribution in [1.29, 1.82) is 0 Å². The van der Waals surface area contributed by atoms with E-state index in [0.29, 0.717) is 6.42 Å². The summed E-state index contributed by atoms with van der Waals surface area (Å²) in [6.07, 6.45) is 0.441. The van der Waals surface area contributed by atoms with Gasteiger partial charge < -0.3 is 10.5 Å². The second kappa shape index (κ2) is 4.34. The van der Waals surface area contributed by atoms with E-state index in [9.17, 15) is 4.79 Å². The van der Waals surface area contributed by atoms with Gasteiger partial charge in [0.25, 0.3) is 0 Å². The van der Waals surface area contributed by atoms with Crippen molar-refractivity contribution in [3.8, 4) is 0 Å². The van der Waals surface area contributed by atoms with Gasteiger partial charge >= 0.3 is 5.97 Å². The molecule has 1 aromatic rings. The molecule has 0 unspecified atom stereocenters. The summed E-state index contributed by atoms with van der Waals surface area (Å²) in [5.41, 5.74) is 6.41. The maximum atomic E-state index is 11.0. The van der Waals surface area contributed by atoms with E-state index in [0.717, 1.165) is 10.7 Å². The smallest absolute Gasteiger partial charge is 0.323 e. The zero-order chi connectivity index (χ0) is 9.84. The molecule has 13 heavy (non-hydrogen) atoms.